The minimum Gasteiger partial charge on any atom is -0.497 e. The Bertz CT molecular complexity index is 939. The molecule has 1 heterocycles. The van der Waals surface area contributed by atoms with Crippen LogP contribution in [0, 0.1) is 11.3 Å². The van der Waals surface area contributed by atoms with Crippen LogP contribution >= 0.6 is 0 Å². The second-order valence-electron chi connectivity index (χ2n) is 6.42. The number of hydrogen-bond donors (Lipinski definition) is 0. The van der Waals surface area contributed by atoms with Crippen molar-refractivity contribution in [2.75, 3.05) is 7.11 Å². The van der Waals surface area contributed by atoms with E-state index in [9.17, 15) is 0 Å². The van der Waals surface area contributed by atoms with Crippen molar-refractivity contribution in [1.82, 2.24) is 0 Å². The van der Waals surface area contributed by atoms with E-state index in [0.717, 1.165) is 16.9 Å². The number of benzene rings is 3. The smallest absolute Gasteiger partial charge is 0.118 e. The van der Waals surface area contributed by atoms with E-state index in [1.165, 1.54) is 11.1 Å². The first kappa shape index (κ1) is 16.4. The number of nitrogens with zero attached hydrogens (tertiary/aromatic N) is 1. The molecule has 2 atom stereocenters. The van der Waals surface area contributed by atoms with Crippen LogP contribution in [0.2, 0.25) is 0 Å². The first-order valence-corrected chi connectivity index (χ1v) is 8.63. The number of fused-ring (bicyclic) bond motifs is 1. The van der Waals surface area contributed by atoms with E-state index in [1.54, 1.807) is 7.11 Å². The Morgan fingerprint density at radius 2 is 1.62 bits per heavy atom. The van der Waals surface area contributed by atoms with E-state index in [2.05, 4.69) is 36.4 Å². The molecule has 128 valence electrons. The first-order valence-electron chi connectivity index (χ1n) is 8.63. The monoisotopic (exact) mass is 341 g/mol. The summed E-state index contributed by atoms with van der Waals surface area (Å²) in [4.78, 5) is 0. The van der Waals surface area contributed by atoms with Crippen molar-refractivity contribution >= 4 is 0 Å². The zero-order chi connectivity index (χ0) is 17.9. The normalized spacial score (nSPS) is 18.6. The Kier molecular flexibility index (Phi) is 4.43. The lowest BCUT2D eigenvalue weighted by atomic mass is 9.79. The van der Waals surface area contributed by atoms with E-state index < -0.39 is 0 Å². The van der Waals surface area contributed by atoms with E-state index >= 15 is 0 Å². The molecule has 4 rings (SSSR count). The molecule has 0 unspecified atom stereocenters. The molecule has 0 radical (unpaired) electrons. The lowest BCUT2D eigenvalue weighted by Gasteiger charge is -2.34. The van der Waals surface area contributed by atoms with Gasteiger partial charge in [-0.25, -0.2) is 0 Å². The van der Waals surface area contributed by atoms with Crippen molar-refractivity contribution in [2.24, 2.45) is 0 Å². The molecule has 0 amide bonds. The second kappa shape index (κ2) is 7.03. The maximum Gasteiger partial charge on any atom is 0.118 e. The molecule has 0 aliphatic carbocycles. The zero-order valence-corrected chi connectivity index (χ0v) is 14.6. The maximum absolute atomic E-state index is 9.09. The highest BCUT2D eigenvalue weighted by atomic mass is 16.5. The average molecular weight is 341 g/mol. The van der Waals surface area contributed by atoms with Crippen LogP contribution in [0.5, 0.6) is 5.75 Å². The van der Waals surface area contributed by atoms with Gasteiger partial charge in [-0.2, -0.15) is 5.26 Å². The topological polar surface area (TPSA) is 42.2 Å². The van der Waals surface area contributed by atoms with Gasteiger partial charge in [0, 0.05) is 5.92 Å². The quantitative estimate of drug-likeness (QED) is 0.675. The second-order valence-corrected chi connectivity index (χ2v) is 6.42. The number of ether oxygens (including phenoxy) is 2. The van der Waals surface area contributed by atoms with Gasteiger partial charge in [0.2, 0.25) is 0 Å². The fourth-order valence-corrected chi connectivity index (χ4v) is 3.61. The summed E-state index contributed by atoms with van der Waals surface area (Å²) in [5.74, 6) is 0.918. The molecular formula is C23H19NO2. The van der Waals surface area contributed by atoms with Crippen LogP contribution in [-0.2, 0) is 11.3 Å². The van der Waals surface area contributed by atoms with Gasteiger partial charge in [-0.05, 0) is 46.5 Å². The molecule has 0 saturated carbocycles. The summed E-state index contributed by atoms with van der Waals surface area (Å²) in [5.41, 5.74) is 5.43. The number of hydrogen-bond acceptors (Lipinski definition) is 3. The van der Waals surface area contributed by atoms with Crippen LogP contribution in [0.4, 0.5) is 0 Å². The largest absolute Gasteiger partial charge is 0.497 e. The van der Waals surface area contributed by atoms with Crippen molar-refractivity contribution in [3.05, 3.63) is 101 Å². The molecule has 0 spiro atoms. The number of rotatable bonds is 3. The van der Waals surface area contributed by atoms with Gasteiger partial charge >= 0.3 is 0 Å². The molecule has 26 heavy (non-hydrogen) atoms. The third-order valence-electron chi connectivity index (χ3n) is 4.95. The Morgan fingerprint density at radius 3 is 2.31 bits per heavy atom. The fourth-order valence-electron chi connectivity index (χ4n) is 3.61. The standard InChI is InChI=1S/C23H19NO2/c1-25-20-12-10-18(11-13-20)23-22(17-8-6-16(14-24)7-9-17)21-5-3-2-4-19(21)15-26-23/h2-13,22-23H,15H2,1H3/t22-,23-/m1/s1. The van der Waals surface area contributed by atoms with Crippen LogP contribution in [0.25, 0.3) is 0 Å². The third-order valence-corrected chi connectivity index (χ3v) is 4.95. The van der Waals surface area contributed by atoms with Crippen LogP contribution in [-0.4, -0.2) is 7.11 Å². The van der Waals surface area contributed by atoms with Gasteiger partial charge in [0.1, 0.15) is 5.75 Å². The van der Waals surface area contributed by atoms with E-state index in [-0.39, 0.29) is 12.0 Å². The van der Waals surface area contributed by atoms with Gasteiger partial charge in [-0.15, -0.1) is 0 Å². The van der Waals surface area contributed by atoms with Crippen molar-refractivity contribution in [3.63, 3.8) is 0 Å². The van der Waals surface area contributed by atoms with Gasteiger partial charge in [0.15, 0.2) is 0 Å². The summed E-state index contributed by atoms with van der Waals surface area (Å²) in [6, 6.07) is 26.5. The van der Waals surface area contributed by atoms with E-state index in [1.807, 2.05) is 42.5 Å². The summed E-state index contributed by atoms with van der Waals surface area (Å²) in [7, 11) is 1.67. The Morgan fingerprint density at radius 1 is 0.923 bits per heavy atom. The zero-order valence-electron chi connectivity index (χ0n) is 14.6. The molecule has 0 N–H and O–H groups in total. The molecule has 0 aromatic heterocycles. The van der Waals surface area contributed by atoms with Crippen molar-refractivity contribution in [1.29, 1.82) is 5.26 Å². The average Bonchev–Trinajstić information content (AvgIpc) is 2.73. The summed E-state index contributed by atoms with van der Waals surface area (Å²) in [6.45, 7) is 0.597. The fraction of sp³-hybridized carbons (Fsp3) is 0.174. The highest BCUT2D eigenvalue weighted by Gasteiger charge is 2.32. The molecule has 0 fully saturated rings. The van der Waals surface area contributed by atoms with E-state index in [0.29, 0.717) is 12.2 Å². The molecular weight excluding hydrogens is 322 g/mol. The van der Waals surface area contributed by atoms with Gasteiger partial charge in [-0.1, -0.05) is 48.5 Å². The van der Waals surface area contributed by atoms with Gasteiger partial charge in [-0.3, -0.25) is 0 Å². The minimum atomic E-state index is -0.0799. The number of methoxy groups -OCH3 is 1. The van der Waals surface area contributed by atoms with Crippen molar-refractivity contribution < 1.29 is 9.47 Å². The van der Waals surface area contributed by atoms with Crippen LogP contribution < -0.4 is 4.74 Å². The van der Waals surface area contributed by atoms with Crippen LogP contribution in [0.3, 0.4) is 0 Å². The van der Waals surface area contributed by atoms with Gasteiger partial charge < -0.3 is 9.47 Å². The highest BCUT2D eigenvalue weighted by molar-refractivity contribution is 5.45. The molecule has 3 aromatic carbocycles. The predicted molar refractivity (Wildman–Crippen MR) is 100.0 cm³/mol. The lowest BCUT2D eigenvalue weighted by Crippen LogP contribution is -2.22. The lowest BCUT2D eigenvalue weighted by molar-refractivity contribution is 0.0149. The van der Waals surface area contributed by atoms with Gasteiger partial charge in [0.05, 0.1) is 31.5 Å². The molecule has 1 aliphatic heterocycles. The maximum atomic E-state index is 9.09. The molecule has 1 aliphatic rings. The predicted octanol–water partition coefficient (Wildman–Crippen LogP) is 4.97. The molecule has 3 heteroatoms. The molecule has 3 nitrogen and oxygen atoms in total. The minimum absolute atomic E-state index is 0.0799. The van der Waals surface area contributed by atoms with Crippen molar-refractivity contribution in [2.45, 2.75) is 18.6 Å². The van der Waals surface area contributed by atoms with Gasteiger partial charge in [0.25, 0.3) is 0 Å². The Hall–Kier alpha value is -3.09. The molecule has 0 bridgehead atoms. The summed E-state index contributed by atoms with van der Waals surface area (Å²) >= 11 is 0. The first-order chi connectivity index (χ1) is 12.8. The molecule has 0 saturated heterocycles. The summed E-state index contributed by atoms with van der Waals surface area (Å²) in [5, 5.41) is 9.09. The third kappa shape index (κ3) is 2.96. The Balaban J connectivity index is 1.80. The van der Waals surface area contributed by atoms with Crippen LogP contribution in [0.1, 0.15) is 39.8 Å². The SMILES string of the molecule is COc1ccc([C@H]2OCc3ccccc3[C@H]2c2ccc(C#N)cc2)cc1. The number of nitriles is 1. The van der Waals surface area contributed by atoms with Crippen molar-refractivity contribution in [3.8, 4) is 11.8 Å². The highest BCUT2D eigenvalue weighted by Crippen LogP contribution is 2.44. The summed E-state index contributed by atoms with van der Waals surface area (Å²) in [6.07, 6.45) is -0.0799. The molecule has 3 aromatic rings. The summed E-state index contributed by atoms with van der Waals surface area (Å²) < 4.78 is 11.6. The Labute approximate surface area is 153 Å². The van der Waals surface area contributed by atoms with E-state index in [4.69, 9.17) is 14.7 Å². The van der Waals surface area contributed by atoms with Crippen LogP contribution in [0.15, 0.2) is 72.8 Å².